The van der Waals surface area contributed by atoms with Gasteiger partial charge in [0.25, 0.3) is 0 Å². The third-order valence-electron chi connectivity index (χ3n) is 3.51. The summed E-state index contributed by atoms with van der Waals surface area (Å²) in [5.41, 5.74) is 0.475. The maximum Gasteiger partial charge on any atom is 0.338 e. The van der Waals surface area contributed by atoms with E-state index in [4.69, 9.17) is 9.47 Å². The molecule has 7 nitrogen and oxygen atoms in total. The van der Waals surface area contributed by atoms with Crippen molar-refractivity contribution in [2.24, 2.45) is 0 Å². The van der Waals surface area contributed by atoms with Crippen LogP contribution >= 0.6 is 0 Å². The second kappa shape index (κ2) is 8.17. The maximum atomic E-state index is 13.7. The van der Waals surface area contributed by atoms with Crippen molar-refractivity contribution in [2.45, 2.75) is 13.0 Å². The summed E-state index contributed by atoms with van der Waals surface area (Å²) < 4.78 is 48.2. The molecule has 0 aliphatic carbocycles. The highest BCUT2D eigenvalue weighted by molar-refractivity contribution is 7.92. The summed E-state index contributed by atoms with van der Waals surface area (Å²) in [7, 11) is -2.13. The van der Waals surface area contributed by atoms with Gasteiger partial charge >= 0.3 is 5.97 Å². The van der Waals surface area contributed by atoms with Crippen molar-refractivity contribution in [1.82, 2.24) is 0 Å². The Morgan fingerprint density at radius 3 is 2.19 bits per heavy atom. The van der Waals surface area contributed by atoms with E-state index in [-0.39, 0.29) is 16.9 Å². The summed E-state index contributed by atoms with van der Waals surface area (Å²) in [6.07, 6.45) is -0.105. The molecule has 0 aromatic heterocycles. The molecule has 1 N–H and O–H groups in total. The van der Waals surface area contributed by atoms with Crippen molar-refractivity contribution in [3.05, 3.63) is 59.4 Å². The Labute approximate surface area is 156 Å². The quantitative estimate of drug-likeness (QED) is 0.572. The number of anilines is 1. The minimum atomic E-state index is -3.43. The Kier molecular flexibility index (Phi) is 6.17. The number of methoxy groups -OCH3 is 1. The third kappa shape index (κ3) is 5.52. The summed E-state index contributed by atoms with van der Waals surface area (Å²) in [4.78, 5) is 24.5. The van der Waals surface area contributed by atoms with Crippen molar-refractivity contribution >= 4 is 27.5 Å². The van der Waals surface area contributed by atoms with Crippen molar-refractivity contribution in [3.8, 4) is 5.75 Å². The molecule has 0 fully saturated rings. The van der Waals surface area contributed by atoms with Crippen LogP contribution in [0.1, 0.15) is 27.6 Å². The van der Waals surface area contributed by atoms with Gasteiger partial charge in [0.15, 0.2) is 17.7 Å². The van der Waals surface area contributed by atoms with Gasteiger partial charge in [-0.3, -0.25) is 9.52 Å². The molecular weight excluding hydrogens is 377 g/mol. The van der Waals surface area contributed by atoms with E-state index in [1.807, 2.05) is 0 Å². The van der Waals surface area contributed by atoms with Crippen LogP contribution in [0.5, 0.6) is 5.75 Å². The molecule has 0 amide bonds. The minimum Gasteiger partial charge on any atom is -0.494 e. The predicted molar refractivity (Wildman–Crippen MR) is 97.1 cm³/mol. The van der Waals surface area contributed by atoms with Crippen molar-refractivity contribution < 1.29 is 31.9 Å². The molecule has 2 aromatic carbocycles. The number of rotatable bonds is 7. The second-order valence-corrected chi connectivity index (χ2v) is 7.46. The third-order valence-corrected chi connectivity index (χ3v) is 4.12. The van der Waals surface area contributed by atoms with E-state index in [0.29, 0.717) is 5.69 Å². The standard InChI is InChI=1S/C18H18FNO6S/c1-11(26-18(22)13-6-9-16(25-2)15(19)10-13)17(21)12-4-7-14(8-5-12)20-27(3,23)24/h4-11,20H,1-3H3. The first-order valence-corrected chi connectivity index (χ1v) is 9.66. The first-order chi connectivity index (χ1) is 12.6. The molecule has 0 bridgehead atoms. The molecule has 9 heteroatoms. The van der Waals surface area contributed by atoms with E-state index in [1.54, 1.807) is 0 Å². The highest BCUT2D eigenvalue weighted by atomic mass is 32.2. The fourth-order valence-electron chi connectivity index (χ4n) is 2.23. The van der Waals surface area contributed by atoms with Crippen molar-refractivity contribution in [2.75, 3.05) is 18.1 Å². The zero-order valence-corrected chi connectivity index (χ0v) is 15.7. The number of ketones is 1. The Balaban J connectivity index is 2.06. The SMILES string of the molecule is COc1ccc(C(=O)OC(C)C(=O)c2ccc(NS(C)(=O)=O)cc2)cc1F. The molecule has 0 aliphatic rings. The summed E-state index contributed by atoms with van der Waals surface area (Å²) in [6.45, 7) is 1.39. The van der Waals surface area contributed by atoms with Crippen molar-refractivity contribution in [3.63, 3.8) is 0 Å². The van der Waals surface area contributed by atoms with E-state index in [2.05, 4.69) is 4.72 Å². The van der Waals surface area contributed by atoms with E-state index in [9.17, 15) is 22.4 Å². The van der Waals surface area contributed by atoms with Crippen LogP contribution in [0.3, 0.4) is 0 Å². The highest BCUT2D eigenvalue weighted by Gasteiger charge is 2.21. The fraction of sp³-hybridized carbons (Fsp3) is 0.222. The van der Waals surface area contributed by atoms with E-state index in [1.165, 1.54) is 50.4 Å². The predicted octanol–water partition coefficient (Wildman–Crippen LogP) is 2.63. The van der Waals surface area contributed by atoms with E-state index < -0.39 is 33.7 Å². The first-order valence-electron chi connectivity index (χ1n) is 7.77. The number of esters is 1. The lowest BCUT2D eigenvalue weighted by Gasteiger charge is -2.13. The molecule has 144 valence electrons. The summed E-state index contributed by atoms with van der Waals surface area (Å²) in [5, 5.41) is 0. The van der Waals surface area contributed by atoms with Gasteiger partial charge in [-0.25, -0.2) is 17.6 Å². The van der Waals surface area contributed by atoms with Gasteiger partial charge in [-0.15, -0.1) is 0 Å². The molecule has 0 saturated carbocycles. The zero-order chi connectivity index (χ0) is 20.2. The van der Waals surface area contributed by atoms with Crippen LogP contribution in [0.25, 0.3) is 0 Å². The number of hydrogen-bond donors (Lipinski definition) is 1. The number of benzene rings is 2. The van der Waals surface area contributed by atoms with Gasteiger partial charge in [0.1, 0.15) is 0 Å². The molecule has 0 saturated heterocycles. The van der Waals surface area contributed by atoms with Gasteiger partial charge < -0.3 is 9.47 Å². The van der Waals surface area contributed by atoms with Gasteiger partial charge in [-0.05, 0) is 49.4 Å². The van der Waals surface area contributed by atoms with Gasteiger partial charge in [0.2, 0.25) is 15.8 Å². The second-order valence-electron chi connectivity index (χ2n) is 5.71. The normalized spacial score (nSPS) is 12.1. The average Bonchev–Trinajstić information content (AvgIpc) is 2.60. The van der Waals surface area contributed by atoms with Crippen LogP contribution in [-0.2, 0) is 14.8 Å². The van der Waals surface area contributed by atoms with E-state index in [0.717, 1.165) is 12.3 Å². The molecular formula is C18H18FNO6S. The fourth-order valence-corrected chi connectivity index (χ4v) is 2.79. The number of hydrogen-bond acceptors (Lipinski definition) is 6. The van der Waals surface area contributed by atoms with Crippen LogP contribution in [-0.4, -0.2) is 39.6 Å². The Hall–Kier alpha value is -2.94. The molecule has 27 heavy (non-hydrogen) atoms. The monoisotopic (exact) mass is 395 g/mol. The summed E-state index contributed by atoms with van der Waals surface area (Å²) in [6, 6.07) is 9.23. The number of nitrogens with one attached hydrogen (secondary N) is 1. The average molecular weight is 395 g/mol. The zero-order valence-electron chi connectivity index (χ0n) is 14.9. The Morgan fingerprint density at radius 1 is 1.07 bits per heavy atom. The smallest absolute Gasteiger partial charge is 0.338 e. The van der Waals surface area contributed by atoms with Gasteiger partial charge in [0, 0.05) is 11.3 Å². The van der Waals surface area contributed by atoms with Crippen LogP contribution < -0.4 is 9.46 Å². The largest absolute Gasteiger partial charge is 0.494 e. The molecule has 1 atom stereocenters. The van der Waals surface area contributed by atoms with Gasteiger partial charge in [-0.1, -0.05) is 0 Å². The number of ether oxygens (including phenoxy) is 2. The first kappa shape index (κ1) is 20.4. The highest BCUT2D eigenvalue weighted by Crippen LogP contribution is 2.19. The van der Waals surface area contributed by atoms with E-state index >= 15 is 0 Å². The van der Waals surface area contributed by atoms with Crippen LogP contribution in [0, 0.1) is 5.82 Å². The van der Waals surface area contributed by atoms with Crippen LogP contribution in [0.2, 0.25) is 0 Å². The number of Topliss-reactive ketones (excluding diaryl/α,β-unsaturated/α-hetero) is 1. The van der Waals surface area contributed by atoms with Crippen molar-refractivity contribution in [1.29, 1.82) is 0 Å². The molecule has 0 aliphatic heterocycles. The van der Waals surface area contributed by atoms with Gasteiger partial charge in [0.05, 0.1) is 18.9 Å². The van der Waals surface area contributed by atoms with Crippen LogP contribution in [0.4, 0.5) is 10.1 Å². The Morgan fingerprint density at radius 2 is 1.67 bits per heavy atom. The molecule has 1 unspecified atom stereocenters. The summed E-state index contributed by atoms with van der Waals surface area (Å²) in [5.74, 6) is -2.07. The number of carbonyl (C=O) groups is 2. The van der Waals surface area contributed by atoms with Crippen LogP contribution in [0.15, 0.2) is 42.5 Å². The Bertz CT molecular complexity index is 956. The number of halogens is 1. The lowest BCUT2D eigenvalue weighted by molar-refractivity contribution is 0.0318. The number of carbonyl (C=O) groups excluding carboxylic acids is 2. The number of sulfonamides is 1. The molecule has 2 aromatic rings. The topological polar surface area (TPSA) is 98.8 Å². The lowest BCUT2D eigenvalue weighted by atomic mass is 10.1. The maximum absolute atomic E-state index is 13.7. The molecule has 2 rings (SSSR count). The summed E-state index contributed by atoms with van der Waals surface area (Å²) >= 11 is 0. The molecule has 0 heterocycles. The molecule has 0 spiro atoms. The molecule has 0 radical (unpaired) electrons. The minimum absolute atomic E-state index is 0.0153. The van der Waals surface area contributed by atoms with Gasteiger partial charge in [-0.2, -0.15) is 0 Å². The lowest BCUT2D eigenvalue weighted by Crippen LogP contribution is -2.24.